The Kier molecular flexibility index (Phi) is 6.60. The topological polar surface area (TPSA) is 65.1 Å². The Morgan fingerprint density at radius 3 is 2.05 bits per heavy atom. The minimum Gasteiger partial charge on any atom is -0.378 e. The molecule has 2 saturated heterocycles. The third-order valence-electron chi connectivity index (χ3n) is 4.00. The van der Waals surface area contributed by atoms with E-state index in [-0.39, 0.29) is 17.9 Å². The predicted molar refractivity (Wildman–Crippen MR) is 83.6 cm³/mol. The smallest absolute Gasteiger partial charge is 0.236 e. The summed E-state index contributed by atoms with van der Waals surface area (Å²) in [5, 5.41) is 2.91. The lowest BCUT2D eigenvalue weighted by Gasteiger charge is -2.35. The Labute approximate surface area is 132 Å². The second-order valence-corrected chi connectivity index (χ2v) is 6.27. The third-order valence-corrected chi connectivity index (χ3v) is 4.00. The van der Waals surface area contributed by atoms with Crippen LogP contribution in [0.2, 0.25) is 0 Å². The summed E-state index contributed by atoms with van der Waals surface area (Å²) in [6.07, 6.45) is 0. The molecule has 1 N–H and O–H groups in total. The van der Waals surface area contributed by atoms with Crippen molar-refractivity contribution in [2.24, 2.45) is 0 Å². The fourth-order valence-electron chi connectivity index (χ4n) is 2.78. The lowest BCUT2D eigenvalue weighted by molar-refractivity contribution is -0.137. The number of rotatable bonds is 5. The van der Waals surface area contributed by atoms with Gasteiger partial charge in [-0.05, 0) is 13.8 Å². The molecule has 7 heteroatoms. The van der Waals surface area contributed by atoms with Gasteiger partial charge in [0.25, 0.3) is 0 Å². The Morgan fingerprint density at radius 1 is 0.955 bits per heavy atom. The van der Waals surface area contributed by atoms with Crippen molar-refractivity contribution in [2.75, 3.05) is 65.6 Å². The molecule has 0 saturated carbocycles. The van der Waals surface area contributed by atoms with E-state index in [1.54, 1.807) is 0 Å². The zero-order valence-corrected chi connectivity index (χ0v) is 13.7. The third kappa shape index (κ3) is 5.55. The highest BCUT2D eigenvalue weighted by atomic mass is 16.5. The number of carbonyl (C=O) groups is 2. The molecule has 7 nitrogen and oxygen atoms in total. The van der Waals surface area contributed by atoms with Crippen LogP contribution >= 0.6 is 0 Å². The zero-order valence-electron chi connectivity index (χ0n) is 13.7. The molecule has 2 rings (SSSR count). The van der Waals surface area contributed by atoms with Gasteiger partial charge in [0.05, 0.1) is 26.3 Å². The second kappa shape index (κ2) is 8.45. The largest absolute Gasteiger partial charge is 0.378 e. The van der Waals surface area contributed by atoms with Crippen LogP contribution in [0.4, 0.5) is 0 Å². The first kappa shape index (κ1) is 17.2. The van der Waals surface area contributed by atoms with E-state index < -0.39 is 0 Å². The van der Waals surface area contributed by atoms with Gasteiger partial charge in [0.2, 0.25) is 11.8 Å². The van der Waals surface area contributed by atoms with E-state index in [4.69, 9.17) is 4.74 Å². The van der Waals surface area contributed by atoms with Gasteiger partial charge in [-0.1, -0.05) is 0 Å². The molecule has 2 amide bonds. The number of nitrogens with zero attached hydrogens (tertiary/aromatic N) is 3. The number of nitrogens with one attached hydrogen (secondary N) is 1. The van der Waals surface area contributed by atoms with Gasteiger partial charge < -0.3 is 15.0 Å². The number of piperazine rings is 1. The number of morpholine rings is 1. The van der Waals surface area contributed by atoms with Crippen molar-refractivity contribution in [1.29, 1.82) is 0 Å². The van der Waals surface area contributed by atoms with Crippen molar-refractivity contribution < 1.29 is 14.3 Å². The number of carbonyl (C=O) groups excluding carboxylic acids is 2. The van der Waals surface area contributed by atoms with Crippen molar-refractivity contribution in [2.45, 2.75) is 19.9 Å². The van der Waals surface area contributed by atoms with Crippen molar-refractivity contribution in [3.63, 3.8) is 0 Å². The first-order valence-corrected chi connectivity index (χ1v) is 8.14. The molecular formula is C15H28N4O3. The van der Waals surface area contributed by atoms with Gasteiger partial charge in [0, 0.05) is 45.3 Å². The van der Waals surface area contributed by atoms with Crippen LogP contribution in [0.15, 0.2) is 0 Å². The van der Waals surface area contributed by atoms with Crippen LogP contribution in [0.3, 0.4) is 0 Å². The molecule has 0 unspecified atom stereocenters. The highest BCUT2D eigenvalue weighted by Gasteiger charge is 2.23. The van der Waals surface area contributed by atoms with E-state index in [1.165, 1.54) is 0 Å². The summed E-state index contributed by atoms with van der Waals surface area (Å²) in [6.45, 7) is 10.9. The monoisotopic (exact) mass is 312 g/mol. The Bertz CT molecular complexity index is 375. The van der Waals surface area contributed by atoms with E-state index in [0.717, 1.165) is 26.2 Å². The van der Waals surface area contributed by atoms with Crippen LogP contribution in [0, 0.1) is 0 Å². The number of hydrogen-bond donors (Lipinski definition) is 1. The molecule has 126 valence electrons. The second-order valence-electron chi connectivity index (χ2n) is 6.27. The molecule has 0 aromatic carbocycles. The average Bonchev–Trinajstić information content (AvgIpc) is 2.49. The molecule has 0 radical (unpaired) electrons. The minimum absolute atomic E-state index is 0.0767. The molecule has 0 atom stereocenters. The van der Waals surface area contributed by atoms with E-state index >= 15 is 0 Å². The predicted octanol–water partition coefficient (Wildman–Crippen LogP) is -1.01. The Balaban J connectivity index is 1.66. The average molecular weight is 312 g/mol. The van der Waals surface area contributed by atoms with Crippen LogP contribution in [0.5, 0.6) is 0 Å². The van der Waals surface area contributed by atoms with Gasteiger partial charge in [-0.15, -0.1) is 0 Å². The lowest BCUT2D eigenvalue weighted by Crippen LogP contribution is -2.53. The summed E-state index contributed by atoms with van der Waals surface area (Å²) in [5.41, 5.74) is 0. The molecule has 0 aromatic rings. The summed E-state index contributed by atoms with van der Waals surface area (Å²) >= 11 is 0. The maximum Gasteiger partial charge on any atom is 0.236 e. The van der Waals surface area contributed by atoms with E-state index in [2.05, 4.69) is 15.1 Å². The lowest BCUT2D eigenvalue weighted by atomic mass is 10.3. The molecule has 2 heterocycles. The van der Waals surface area contributed by atoms with Gasteiger partial charge in [-0.2, -0.15) is 0 Å². The van der Waals surface area contributed by atoms with E-state index in [1.807, 2.05) is 18.7 Å². The normalized spacial score (nSPS) is 21.1. The number of amides is 2. The summed E-state index contributed by atoms with van der Waals surface area (Å²) < 4.78 is 5.27. The van der Waals surface area contributed by atoms with Crippen LogP contribution in [0.1, 0.15) is 13.8 Å². The van der Waals surface area contributed by atoms with E-state index in [0.29, 0.717) is 39.4 Å². The molecule has 0 aromatic heterocycles. The van der Waals surface area contributed by atoms with Gasteiger partial charge >= 0.3 is 0 Å². The molecular weight excluding hydrogens is 284 g/mol. The molecule has 22 heavy (non-hydrogen) atoms. The van der Waals surface area contributed by atoms with Crippen LogP contribution in [-0.2, 0) is 14.3 Å². The number of hydrogen-bond acceptors (Lipinski definition) is 5. The van der Waals surface area contributed by atoms with Gasteiger partial charge in [-0.3, -0.25) is 19.4 Å². The standard InChI is InChI=1S/C15H28N4O3/c1-13(2)16-14(20)11-17-3-5-18(6-4-17)12-15(21)19-7-9-22-10-8-19/h13H,3-12H2,1-2H3,(H,16,20). The Hall–Kier alpha value is -1.18. The molecule has 2 aliphatic rings. The molecule has 0 bridgehead atoms. The zero-order chi connectivity index (χ0) is 15.9. The van der Waals surface area contributed by atoms with Crippen molar-refractivity contribution in [1.82, 2.24) is 20.0 Å². The first-order valence-electron chi connectivity index (χ1n) is 8.14. The fourth-order valence-corrected chi connectivity index (χ4v) is 2.78. The number of ether oxygens (including phenoxy) is 1. The minimum atomic E-state index is 0.0767. The summed E-state index contributed by atoms with van der Waals surface area (Å²) in [7, 11) is 0. The summed E-state index contributed by atoms with van der Waals surface area (Å²) in [5.74, 6) is 0.266. The quantitative estimate of drug-likeness (QED) is 0.704. The van der Waals surface area contributed by atoms with Crippen molar-refractivity contribution in [3.8, 4) is 0 Å². The van der Waals surface area contributed by atoms with Crippen LogP contribution in [-0.4, -0.2) is 98.1 Å². The van der Waals surface area contributed by atoms with Crippen molar-refractivity contribution in [3.05, 3.63) is 0 Å². The van der Waals surface area contributed by atoms with Gasteiger partial charge in [-0.25, -0.2) is 0 Å². The summed E-state index contributed by atoms with van der Waals surface area (Å²) in [4.78, 5) is 30.1. The molecule has 0 spiro atoms. The van der Waals surface area contributed by atoms with E-state index in [9.17, 15) is 9.59 Å². The van der Waals surface area contributed by atoms with Crippen LogP contribution < -0.4 is 5.32 Å². The SMILES string of the molecule is CC(C)NC(=O)CN1CCN(CC(=O)N2CCOCC2)CC1. The Morgan fingerprint density at radius 2 is 1.50 bits per heavy atom. The van der Waals surface area contributed by atoms with Gasteiger partial charge in [0.1, 0.15) is 0 Å². The maximum absolute atomic E-state index is 12.2. The first-order chi connectivity index (χ1) is 10.5. The highest BCUT2D eigenvalue weighted by Crippen LogP contribution is 2.04. The molecule has 0 aliphatic carbocycles. The summed E-state index contributed by atoms with van der Waals surface area (Å²) in [6, 6.07) is 0.180. The van der Waals surface area contributed by atoms with Gasteiger partial charge in [0.15, 0.2) is 0 Å². The highest BCUT2D eigenvalue weighted by molar-refractivity contribution is 5.79. The van der Waals surface area contributed by atoms with Crippen molar-refractivity contribution >= 4 is 11.8 Å². The van der Waals surface area contributed by atoms with Crippen LogP contribution in [0.25, 0.3) is 0 Å². The maximum atomic E-state index is 12.2. The molecule has 2 aliphatic heterocycles. The fraction of sp³-hybridized carbons (Fsp3) is 0.867. The molecule has 2 fully saturated rings.